The first-order valence-corrected chi connectivity index (χ1v) is 6.14. The molecule has 17 heavy (non-hydrogen) atoms. The minimum atomic E-state index is -0.107. The Bertz CT molecular complexity index is 350. The van der Waals surface area contributed by atoms with Crippen LogP contribution in [0.1, 0.15) is 30.9 Å². The van der Waals surface area contributed by atoms with Gasteiger partial charge >= 0.3 is 5.97 Å². The van der Waals surface area contributed by atoms with E-state index in [1.54, 1.807) is 0 Å². The van der Waals surface area contributed by atoms with Gasteiger partial charge in [0.15, 0.2) is 0 Å². The number of benzene rings is 1. The molecule has 0 aromatic heterocycles. The lowest BCUT2D eigenvalue weighted by Gasteiger charge is -2.05. The summed E-state index contributed by atoms with van der Waals surface area (Å²) < 4.78 is 4.86. The van der Waals surface area contributed by atoms with E-state index in [9.17, 15) is 4.79 Å². The maximum Gasteiger partial charge on any atom is 0.305 e. The molecule has 3 heteroatoms. The highest BCUT2D eigenvalue weighted by Gasteiger charge is 2.00. The number of rotatable bonds is 7. The molecule has 0 aliphatic rings. The van der Waals surface area contributed by atoms with Crippen LogP contribution in [0.2, 0.25) is 0 Å². The molecule has 1 N–H and O–H groups in total. The van der Waals surface area contributed by atoms with Crippen molar-refractivity contribution in [2.45, 2.75) is 33.2 Å². The van der Waals surface area contributed by atoms with E-state index in [-0.39, 0.29) is 5.97 Å². The molecule has 0 fully saturated rings. The molecule has 0 spiro atoms. The standard InChI is InChI=1S/C14H21NO2/c1-3-17-14(16)8-5-9-15-11-13-7-4-6-12(2)10-13/h4,6-7,10,15H,3,5,8-9,11H2,1-2H3. The fourth-order valence-corrected chi connectivity index (χ4v) is 1.65. The van der Waals surface area contributed by atoms with E-state index in [0.29, 0.717) is 13.0 Å². The number of esters is 1. The van der Waals surface area contributed by atoms with Gasteiger partial charge in [0.1, 0.15) is 0 Å². The molecular formula is C14H21NO2. The van der Waals surface area contributed by atoms with Crippen molar-refractivity contribution in [2.75, 3.05) is 13.2 Å². The van der Waals surface area contributed by atoms with Gasteiger partial charge in [-0.15, -0.1) is 0 Å². The van der Waals surface area contributed by atoms with E-state index in [2.05, 4.69) is 36.5 Å². The fraction of sp³-hybridized carbons (Fsp3) is 0.500. The highest BCUT2D eigenvalue weighted by Crippen LogP contribution is 2.03. The summed E-state index contributed by atoms with van der Waals surface area (Å²) in [5.74, 6) is -0.107. The summed E-state index contributed by atoms with van der Waals surface area (Å²) in [4.78, 5) is 11.1. The van der Waals surface area contributed by atoms with Crippen molar-refractivity contribution in [1.29, 1.82) is 0 Å². The molecule has 0 radical (unpaired) electrons. The zero-order chi connectivity index (χ0) is 12.5. The molecule has 1 aromatic carbocycles. The van der Waals surface area contributed by atoms with Gasteiger partial charge in [0.2, 0.25) is 0 Å². The van der Waals surface area contributed by atoms with Crippen LogP contribution < -0.4 is 5.32 Å². The molecule has 3 nitrogen and oxygen atoms in total. The second-order valence-electron chi connectivity index (χ2n) is 4.07. The third-order valence-corrected chi connectivity index (χ3v) is 2.45. The molecule has 1 aromatic rings. The summed E-state index contributed by atoms with van der Waals surface area (Å²) in [6.07, 6.45) is 1.32. The Morgan fingerprint density at radius 2 is 2.24 bits per heavy atom. The van der Waals surface area contributed by atoms with Crippen LogP contribution in [0.5, 0.6) is 0 Å². The maximum atomic E-state index is 11.1. The van der Waals surface area contributed by atoms with Gasteiger partial charge in [0, 0.05) is 13.0 Å². The van der Waals surface area contributed by atoms with Gasteiger partial charge < -0.3 is 10.1 Å². The van der Waals surface area contributed by atoms with E-state index in [1.165, 1.54) is 11.1 Å². The van der Waals surface area contributed by atoms with Crippen molar-refractivity contribution in [1.82, 2.24) is 5.32 Å². The molecule has 0 saturated heterocycles. The second kappa shape index (κ2) is 7.85. The third-order valence-electron chi connectivity index (χ3n) is 2.45. The molecule has 0 aliphatic heterocycles. The van der Waals surface area contributed by atoms with Crippen molar-refractivity contribution < 1.29 is 9.53 Å². The van der Waals surface area contributed by atoms with Crippen molar-refractivity contribution in [3.05, 3.63) is 35.4 Å². The van der Waals surface area contributed by atoms with Gasteiger partial charge in [-0.05, 0) is 32.4 Å². The molecule has 0 unspecified atom stereocenters. The number of ether oxygens (including phenoxy) is 1. The SMILES string of the molecule is CCOC(=O)CCCNCc1cccc(C)c1. The number of carbonyl (C=O) groups excluding carboxylic acids is 1. The van der Waals surface area contributed by atoms with Crippen LogP contribution in [-0.2, 0) is 16.1 Å². The van der Waals surface area contributed by atoms with E-state index in [4.69, 9.17) is 4.74 Å². The second-order valence-corrected chi connectivity index (χ2v) is 4.07. The van der Waals surface area contributed by atoms with Crippen molar-refractivity contribution in [2.24, 2.45) is 0 Å². The van der Waals surface area contributed by atoms with E-state index in [0.717, 1.165) is 19.5 Å². The van der Waals surface area contributed by atoms with E-state index in [1.807, 2.05) is 6.92 Å². The molecule has 1 rings (SSSR count). The molecule has 94 valence electrons. The monoisotopic (exact) mass is 235 g/mol. The number of hydrogen-bond acceptors (Lipinski definition) is 3. The Morgan fingerprint density at radius 3 is 2.94 bits per heavy atom. The normalized spacial score (nSPS) is 10.2. The number of aryl methyl sites for hydroxylation is 1. The van der Waals surface area contributed by atoms with Gasteiger partial charge in [-0.2, -0.15) is 0 Å². The zero-order valence-electron chi connectivity index (χ0n) is 10.7. The van der Waals surface area contributed by atoms with Crippen LogP contribution in [0.4, 0.5) is 0 Å². The average Bonchev–Trinajstić information content (AvgIpc) is 2.29. The third kappa shape index (κ3) is 6.07. The minimum absolute atomic E-state index is 0.107. The van der Waals surface area contributed by atoms with Gasteiger partial charge in [-0.3, -0.25) is 4.79 Å². The predicted molar refractivity (Wildman–Crippen MR) is 68.8 cm³/mol. The van der Waals surface area contributed by atoms with Crippen LogP contribution in [0.25, 0.3) is 0 Å². The van der Waals surface area contributed by atoms with Crippen LogP contribution in [-0.4, -0.2) is 19.1 Å². The smallest absolute Gasteiger partial charge is 0.305 e. The summed E-state index contributed by atoms with van der Waals surface area (Å²) in [6, 6.07) is 8.42. The first kappa shape index (κ1) is 13.7. The lowest BCUT2D eigenvalue weighted by Crippen LogP contribution is -2.16. The Labute approximate surface area is 103 Å². The van der Waals surface area contributed by atoms with Gasteiger partial charge in [0.25, 0.3) is 0 Å². The van der Waals surface area contributed by atoms with Crippen molar-refractivity contribution in [3.8, 4) is 0 Å². The lowest BCUT2D eigenvalue weighted by molar-refractivity contribution is -0.143. The van der Waals surface area contributed by atoms with Gasteiger partial charge in [-0.1, -0.05) is 29.8 Å². The Kier molecular flexibility index (Phi) is 6.33. The fourth-order valence-electron chi connectivity index (χ4n) is 1.65. The molecule has 0 amide bonds. The van der Waals surface area contributed by atoms with Crippen molar-refractivity contribution in [3.63, 3.8) is 0 Å². The summed E-state index contributed by atoms with van der Waals surface area (Å²) in [5, 5.41) is 3.32. The molecule has 0 saturated carbocycles. The highest BCUT2D eigenvalue weighted by atomic mass is 16.5. The number of carbonyl (C=O) groups is 1. The Balaban J connectivity index is 2.10. The summed E-state index contributed by atoms with van der Waals surface area (Å²) >= 11 is 0. The predicted octanol–water partition coefficient (Wildman–Crippen LogP) is 2.43. The molecule has 0 aliphatic carbocycles. The van der Waals surface area contributed by atoms with Crippen LogP contribution in [0.3, 0.4) is 0 Å². The maximum absolute atomic E-state index is 11.1. The van der Waals surface area contributed by atoms with E-state index >= 15 is 0 Å². The topological polar surface area (TPSA) is 38.3 Å². The number of hydrogen-bond donors (Lipinski definition) is 1. The summed E-state index contributed by atoms with van der Waals surface area (Å²) in [5.41, 5.74) is 2.55. The quantitative estimate of drug-likeness (QED) is 0.582. The summed E-state index contributed by atoms with van der Waals surface area (Å²) in [7, 11) is 0. The Morgan fingerprint density at radius 1 is 1.41 bits per heavy atom. The van der Waals surface area contributed by atoms with Crippen LogP contribution in [0, 0.1) is 6.92 Å². The largest absolute Gasteiger partial charge is 0.466 e. The van der Waals surface area contributed by atoms with Crippen LogP contribution >= 0.6 is 0 Å². The molecule has 0 heterocycles. The lowest BCUT2D eigenvalue weighted by atomic mass is 10.1. The Hall–Kier alpha value is -1.35. The van der Waals surface area contributed by atoms with E-state index < -0.39 is 0 Å². The van der Waals surface area contributed by atoms with Gasteiger partial charge in [-0.25, -0.2) is 0 Å². The highest BCUT2D eigenvalue weighted by molar-refractivity contribution is 5.69. The first-order valence-electron chi connectivity index (χ1n) is 6.14. The average molecular weight is 235 g/mol. The van der Waals surface area contributed by atoms with Crippen LogP contribution in [0.15, 0.2) is 24.3 Å². The van der Waals surface area contributed by atoms with Crippen molar-refractivity contribution >= 4 is 5.97 Å². The number of nitrogens with one attached hydrogen (secondary N) is 1. The minimum Gasteiger partial charge on any atom is -0.466 e. The molecule has 0 bridgehead atoms. The summed E-state index contributed by atoms with van der Waals surface area (Å²) in [6.45, 7) is 6.07. The van der Waals surface area contributed by atoms with Gasteiger partial charge in [0.05, 0.1) is 6.61 Å². The molecular weight excluding hydrogens is 214 g/mol. The first-order chi connectivity index (χ1) is 8.22. The molecule has 0 atom stereocenters. The zero-order valence-corrected chi connectivity index (χ0v) is 10.7.